The first kappa shape index (κ1) is 20.3. The number of benzene rings is 1. The van der Waals surface area contributed by atoms with Crippen molar-refractivity contribution in [2.24, 2.45) is 19.1 Å². The Kier molecular flexibility index (Phi) is 5.79. The summed E-state index contributed by atoms with van der Waals surface area (Å²) < 4.78 is 6.99. The number of carbonyl (C=O) groups is 1. The lowest BCUT2D eigenvalue weighted by Crippen LogP contribution is -2.38. The largest absolute Gasteiger partial charge is 0.494 e. The molecule has 3 aromatic rings. The quantitative estimate of drug-likeness (QED) is 0.511. The Morgan fingerprint density at radius 1 is 1.21 bits per heavy atom. The average Bonchev–Trinajstić information content (AvgIpc) is 3.15. The van der Waals surface area contributed by atoms with Gasteiger partial charge in [-0.05, 0) is 12.5 Å². The van der Waals surface area contributed by atoms with Crippen molar-refractivity contribution in [2.45, 2.75) is 6.92 Å². The number of hydrogen-bond donors (Lipinski definition) is 1. The van der Waals surface area contributed by atoms with Crippen molar-refractivity contribution >= 4 is 28.5 Å². The van der Waals surface area contributed by atoms with E-state index in [1.807, 2.05) is 30.3 Å². The van der Waals surface area contributed by atoms with Gasteiger partial charge in [0, 0.05) is 31.3 Å². The van der Waals surface area contributed by atoms with Crippen LogP contribution in [0.3, 0.4) is 0 Å². The van der Waals surface area contributed by atoms with E-state index in [1.165, 1.54) is 25.4 Å². The molecule has 2 aromatic heterocycles. The van der Waals surface area contributed by atoms with Crippen LogP contribution in [0.4, 0.5) is 5.00 Å². The van der Waals surface area contributed by atoms with E-state index in [9.17, 15) is 19.5 Å². The fourth-order valence-corrected chi connectivity index (χ4v) is 3.68. The Morgan fingerprint density at radius 3 is 2.55 bits per heavy atom. The van der Waals surface area contributed by atoms with E-state index in [-0.39, 0.29) is 17.7 Å². The fourth-order valence-electron chi connectivity index (χ4n) is 2.77. The number of carbonyl (C=O) groups excluding carboxylic acids is 1. The van der Waals surface area contributed by atoms with Crippen LogP contribution in [0.15, 0.2) is 50.3 Å². The molecule has 0 spiro atoms. The number of thiophene rings is 1. The number of aromatic nitrogens is 2. The molecule has 8 nitrogen and oxygen atoms in total. The number of ether oxygens (including phenoxy) is 1. The van der Waals surface area contributed by atoms with Crippen molar-refractivity contribution in [3.8, 4) is 17.0 Å². The predicted octanol–water partition coefficient (Wildman–Crippen LogP) is 2.45. The summed E-state index contributed by atoms with van der Waals surface area (Å²) in [6.07, 6.45) is 1.15. The van der Waals surface area contributed by atoms with Crippen LogP contribution in [0, 0.1) is 0 Å². The molecule has 0 bridgehead atoms. The maximum Gasteiger partial charge on any atom is 0.341 e. The summed E-state index contributed by atoms with van der Waals surface area (Å²) in [5, 5.41) is 12.3. The van der Waals surface area contributed by atoms with Gasteiger partial charge in [0.15, 0.2) is 0 Å². The van der Waals surface area contributed by atoms with E-state index < -0.39 is 23.1 Å². The highest BCUT2D eigenvalue weighted by molar-refractivity contribution is 7.14. The molecule has 150 valence electrons. The molecular formula is C20H19N3O5S. The Morgan fingerprint density at radius 2 is 1.90 bits per heavy atom. The van der Waals surface area contributed by atoms with Gasteiger partial charge in [-0.1, -0.05) is 30.3 Å². The summed E-state index contributed by atoms with van der Waals surface area (Å²) in [4.78, 5) is 41.0. The Bertz CT molecular complexity index is 1210. The van der Waals surface area contributed by atoms with Crippen molar-refractivity contribution < 1.29 is 14.6 Å². The smallest absolute Gasteiger partial charge is 0.341 e. The number of nitrogens with zero attached hydrogens (tertiary/aromatic N) is 3. The molecular weight excluding hydrogens is 394 g/mol. The van der Waals surface area contributed by atoms with Gasteiger partial charge in [-0.25, -0.2) is 14.6 Å². The second-order valence-corrected chi connectivity index (χ2v) is 6.98. The highest BCUT2D eigenvalue weighted by Crippen LogP contribution is 2.38. The number of esters is 1. The zero-order chi connectivity index (χ0) is 21.1. The Labute approximate surface area is 170 Å². The number of hydrogen-bond acceptors (Lipinski definition) is 7. The Hall–Kier alpha value is -3.46. The number of rotatable bonds is 5. The zero-order valence-corrected chi connectivity index (χ0v) is 16.9. The van der Waals surface area contributed by atoms with Crippen LogP contribution in [-0.4, -0.2) is 33.0 Å². The van der Waals surface area contributed by atoms with Crippen molar-refractivity contribution in [1.82, 2.24) is 9.13 Å². The second kappa shape index (κ2) is 8.27. The van der Waals surface area contributed by atoms with E-state index in [0.717, 1.165) is 20.9 Å². The SMILES string of the molecule is CCOC(=O)c1c(-c2ccccc2)csc1/N=C/c1c(O)n(C)c(=O)n(C)c1=O. The molecule has 2 heterocycles. The molecule has 1 aromatic carbocycles. The van der Waals surface area contributed by atoms with Gasteiger partial charge in [0.1, 0.15) is 16.1 Å². The van der Waals surface area contributed by atoms with Crippen LogP contribution in [0.5, 0.6) is 5.88 Å². The third kappa shape index (κ3) is 3.77. The van der Waals surface area contributed by atoms with Gasteiger partial charge in [-0.15, -0.1) is 11.3 Å². The molecule has 1 N–H and O–H groups in total. The highest BCUT2D eigenvalue weighted by atomic mass is 32.1. The predicted molar refractivity (Wildman–Crippen MR) is 112 cm³/mol. The van der Waals surface area contributed by atoms with Crippen molar-refractivity contribution in [1.29, 1.82) is 0 Å². The van der Waals surface area contributed by atoms with Gasteiger partial charge < -0.3 is 9.84 Å². The van der Waals surface area contributed by atoms with Crippen molar-refractivity contribution in [3.05, 3.63) is 67.7 Å². The number of aliphatic imine (C=N–C) groups is 1. The lowest BCUT2D eigenvalue weighted by molar-refractivity contribution is 0.0529. The zero-order valence-electron chi connectivity index (χ0n) is 16.1. The van der Waals surface area contributed by atoms with E-state index in [2.05, 4.69) is 4.99 Å². The first-order chi connectivity index (χ1) is 13.9. The molecule has 0 fully saturated rings. The monoisotopic (exact) mass is 413 g/mol. The van der Waals surface area contributed by atoms with Crippen LogP contribution >= 0.6 is 11.3 Å². The summed E-state index contributed by atoms with van der Waals surface area (Å²) in [6, 6.07) is 9.32. The van der Waals surface area contributed by atoms with E-state index in [1.54, 1.807) is 12.3 Å². The van der Waals surface area contributed by atoms with Gasteiger partial charge >= 0.3 is 11.7 Å². The lowest BCUT2D eigenvalue weighted by Gasteiger charge is -2.07. The molecule has 0 aliphatic heterocycles. The standard InChI is InChI=1S/C20H19N3O5S/c1-4-28-19(26)15-14(12-8-6-5-7-9-12)11-29-16(15)21-10-13-17(24)22(2)20(27)23(3)18(13)25/h5-11,24H,4H2,1-3H3/b21-10+. The summed E-state index contributed by atoms with van der Waals surface area (Å²) in [6.45, 7) is 1.91. The van der Waals surface area contributed by atoms with Crippen molar-refractivity contribution in [2.75, 3.05) is 6.61 Å². The van der Waals surface area contributed by atoms with E-state index >= 15 is 0 Å². The second-order valence-electron chi connectivity index (χ2n) is 6.12. The summed E-state index contributed by atoms with van der Waals surface area (Å²) in [5.41, 5.74) is 0.277. The Balaban J connectivity index is 2.14. The first-order valence-electron chi connectivity index (χ1n) is 8.73. The molecule has 0 radical (unpaired) electrons. The summed E-state index contributed by atoms with van der Waals surface area (Å²) in [5.74, 6) is -1.03. The van der Waals surface area contributed by atoms with E-state index in [0.29, 0.717) is 10.6 Å². The van der Waals surface area contributed by atoms with Gasteiger partial charge in [-0.3, -0.25) is 13.9 Å². The fraction of sp³-hybridized carbons (Fsp3) is 0.200. The molecule has 0 saturated carbocycles. The minimum Gasteiger partial charge on any atom is -0.494 e. The average molecular weight is 413 g/mol. The molecule has 0 saturated heterocycles. The molecule has 0 amide bonds. The third-order valence-corrected chi connectivity index (χ3v) is 5.20. The summed E-state index contributed by atoms with van der Waals surface area (Å²) in [7, 11) is 2.65. The molecule has 3 rings (SSSR count). The summed E-state index contributed by atoms with van der Waals surface area (Å²) >= 11 is 1.21. The first-order valence-corrected chi connectivity index (χ1v) is 9.61. The van der Waals surface area contributed by atoms with Crippen LogP contribution in [0.1, 0.15) is 22.8 Å². The lowest BCUT2D eigenvalue weighted by atomic mass is 10.0. The van der Waals surface area contributed by atoms with Gasteiger partial charge in [0.05, 0.1) is 6.61 Å². The minimum atomic E-state index is -0.688. The maximum atomic E-state index is 12.6. The molecule has 9 heteroatoms. The molecule has 0 aliphatic carbocycles. The highest BCUT2D eigenvalue weighted by Gasteiger charge is 2.21. The molecule has 0 aliphatic rings. The van der Waals surface area contributed by atoms with Gasteiger partial charge in [0.2, 0.25) is 5.88 Å². The molecule has 0 unspecified atom stereocenters. The van der Waals surface area contributed by atoms with E-state index in [4.69, 9.17) is 4.74 Å². The van der Waals surface area contributed by atoms with Gasteiger partial charge in [-0.2, -0.15) is 0 Å². The minimum absolute atomic E-state index is 0.154. The normalized spacial score (nSPS) is 11.1. The topological polar surface area (TPSA) is 103 Å². The van der Waals surface area contributed by atoms with Crippen LogP contribution in [-0.2, 0) is 18.8 Å². The molecule has 29 heavy (non-hydrogen) atoms. The number of aromatic hydroxyl groups is 1. The van der Waals surface area contributed by atoms with Crippen LogP contribution < -0.4 is 11.2 Å². The van der Waals surface area contributed by atoms with Crippen LogP contribution in [0.25, 0.3) is 11.1 Å². The van der Waals surface area contributed by atoms with Crippen LogP contribution in [0.2, 0.25) is 0 Å². The van der Waals surface area contributed by atoms with Crippen molar-refractivity contribution in [3.63, 3.8) is 0 Å². The van der Waals surface area contributed by atoms with Gasteiger partial charge in [0.25, 0.3) is 5.56 Å². The molecule has 0 atom stereocenters. The third-order valence-electron chi connectivity index (χ3n) is 4.31. The maximum absolute atomic E-state index is 12.6.